The maximum atomic E-state index is 13.0. The second kappa shape index (κ2) is 11.5. The Morgan fingerprint density at radius 3 is 2.65 bits per heavy atom. The van der Waals surface area contributed by atoms with Gasteiger partial charge < -0.3 is 19.3 Å². The van der Waals surface area contributed by atoms with E-state index in [1.54, 1.807) is 24.3 Å². The molecule has 0 radical (unpaired) electrons. The quantitative estimate of drug-likeness (QED) is 0.678. The van der Waals surface area contributed by atoms with Gasteiger partial charge >= 0.3 is 0 Å². The van der Waals surface area contributed by atoms with E-state index in [0.717, 1.165) is 50.8 Å². The highest BCUT2D eigenvalue weighted by molar-refractivity contribution is 5.96. The van der Waals surface area contributed by atoms with Crippen molar-refractivity contribution >= 4 is 11.8 Å². The summed E-state index contributed by atoms with van der Waals surface area (Å²) in [7, 11) is 1.80. The van der Waals surface area contributed by atoms with Crippen LogP contribution in [0.2, 0.25) is 0 Å². The summed E-state index contributed by atoms with van der Waals surface area (Å²) < 4.78 is 12.1. The second-order valence-electron chi connectivity index (χ2n) is 9.50. The first-order valence-electron chi connectivity index (χ1n) is 12.3. The van der Waals surface area contributed by atoms with Crippen molar-refractivity contribution in [3.8, 4) is 5.75 Å². The van der Waals surface area contributed by atoms with E-state index in [1.165, 1.54) is 0 Å². The SMILES string of the molecule is CN1CCOCCCCC2(CCN(C(=O)Cc3cccnc3)CC2)COc2ccccc2C1=O. The third-order valence-electron chi connectivity index (χ3n) is 7.07. The number of carbonyl (C=O) groups excluding carboxylic acids is 2. The Kier molecular flexibility index (Phi) is 8.16. The number of para-hydroxylation sites is 1. The molecule has 0 atom stereocenters. The molecular weight excluding hydrogens is 430 g/mol. The third-order valence-corrected chi connectivity index (χ3v) is 7.07. The summed E-state index contributed by atoms with van der Waals surface area (Å²) in [4.78, 5) is 33.6. The van der Waals surface area contributed by atoms with Gasteiger partial charge in [-0.2, -0.15) is 0 Å². The van der Waals surface area contributed by atoms with Crippen molar-refractivity contribution < 1.29 is 19.1 Å². The van der Waals surface area contributed by atoms with Gasteiger partial charge in [0.2, 0.25) is 5.91 Å². The number of benzene rings is 1. The maximum Gasteiger partial charge on any atom is 0.257 e. The molecule has 1 spiro atoms. The molecule has 2 aromatic rings. The van der Waals surface area contributed by atoms with E-state index in [9.17, 15) is 9.59 Å². The molecule has 1 aromatic carbocycles. The summed E-state index contributed by atoms with van der Waals surface area (Å²) in [5.41, 5.74) is 1.51. The molecule has 0 N–H and O–H groups in total. The molecule has 0 aliphatic carbocycles. The predicted molar refractivity (Wildman–Crippen MR) is 130 cm³/mol. The van der Waals surface area contributed by atoms with E-state index in [0.29, 0.717) is 44.1 Å². The Morgan fingerprint density at radius 2 is 1.85 bits per heavy atom. The molecule has 1 fully saturated rings. The molecule has 3 heterocycles. The largest absolute Gasteiger partial charge is 0.492 e. The number of amides is 2. The number of fused-ring (bicyclic) bond motifs is 1. The van der Waals surface area contributed by atoms with Crippen molar-refractivity contribution in [3.63, 3.8) is 0 Å². The van der Waals surface area contributed by atoms with Crippen LogP contribution in [0.15, 0.2) is 48.8 Å². The minimum atomic E-state index is -0.0545. The van der Waals surface area contributed by atoms with Crippen LogP contribution in [0.1, 0.15) is 48.0 Å². The number of rotatable bonds is 2. The van der Waals surface area contributed by atoms with Crippen LogP contribution >= 0.6 is 0 Å². The minimum Gasteiger partial charge on any atom is -0.492 e. The number of aromatic nitrogens is 1. The monoisotopic (exact) mass is 465 g/mol. The maximum absolute atomic E-state index is 13.0. The van der Waals surface area contributed by atoms with Gasteiger partial charge in [0.25, 0.3) is 5.91 Å². The van der Waals surface area contributed by atoms with Gasteiger partial charge in [-0.05, 0) is 49.4 Å². The molecule has 0 unspecified atom stereocenters. The van der Waals surface area contributed by atoms with Gasteiger partial charge in [0.1, 0.15) is 5.75 Å². The minimum absolute atomic E-state index is 0.0166. The Bertz CT molecular complexity index is 957. The first-order chi connectivity index (χ1) is 16.6. The second-order valence-corrected chi connectivity index (χ2v) is 9.50. The average molecular weight is 466 g/mol. The van der Waals surface area contributed by atoms with Crippen molar-refractivity contribution in [2.24, 2.45) is 5.41 Å². The summed E-state index contributed by atoms with van der Waals surface area (Å²) in [6.07, 6.45) is 8.72. The van der Waals surface area contributed by atoms with Crippen molar-refractivity contribution in [1.82, 2.24) is 14.8 Å². The van der Waals surface area contributed by atoms with Crippen LogP contribution in [0, 0.1) is 5.41 Å². The zero-order valence-corrected chi connectivity index (χ0v) is 20.1. The summed E-state index contributed by atoms with van der Waals surface area (Å²) in [5.74, 6) is 0.727. The highest BCUT2D eigenvalue weighted by Gasteiger charge is 2.36. The lowest BCUT2D eigenvalue weighted by molar-refractivity contribution is -0.133. The van der Waals surface area contributed by atoms with Gasteiger partial charge in [-0.1, -0.05) is 24.6 Å². The van der Waals surface area contributed by atoms with Gasteiger partial charge in [-0.15, -0.1) is 0 Å². The van der Waals surface area contributed by atoms with Gasteiger partial charge in [0.05, 0.1) is 25.2 Å². The lowest BCUT2D eigenvalue weighted by atomic mass is 9.75. The normalized spacial score (nSPS) is 19.7. The van der Waals surface area contributed by atoms with Crippen molar-refractivity contribution in [3.05, 3.63) is 59.9 Å². The van der Waals surface area contributed by atoms with Crippen LogP contribution in [-0.2, 0) is 16.0 Å². The summed E-state index contributed by atoms with van der Waals surface area (Å²) >= 11 is 0. The van der Waals surface area contributed by atoms with E-state index in [-0.39, 0.29) is 17.2 Å². The molecule has 2 aliphatic rings. The van der Waals surface area contributed by atoms with Gasteiger partial charge in [-0.3, -0.25) is 14.6 Å². The van der Waals surface area contributed by atoms with E-state index >= 15 is 0 Å². The van der Waals surface area contributed by atoms with Gasteiger partial charge in [0, 0.05) is 51.1 Å². The van der Waals surface area contributed by atoms with E-state index in [1.807, 2.05) is 41.3 Å². The molecule has 2 amide bonds. The average Bonchev–Trinajstić information content (AvgIpc) is 2.87. The van der Waals surface area contributed by atoms with Crippen LogP contribution in [0.3, 0.4) is 0 Å². The van der Waals surface area contributed by atoms with Crippen molar-refractivity contribution in [1.29, 1.82) is 0 Å². The number of likely N-dealkylation sites (tertiary alicyclic amines) is 1. The van der Waals surface area contributed by atoms with Crippen LogP contribution in [0.4, 0.5) is 0 Å². The molecule has 2 aliphatic heterocycles. The number of hydrogen-bond donors (Lipinski definition) is 0. The number of ether oxygens (including phenoxy) is 2. The molecule has 1 saturated heterocycles. The number of piperidine rings is 1. The fraction of sp³-hybridized carbons (Fsp3) is 0.519. The first-order valence-corrected chi connectivity index (χ1v) is 12.3. The molecule has 0 saturated carbocycles. The third kappa shape index (κ3) is 6.14. The number of likely N-dealkylation sites (N-methyl/N-ethyl adjacent to an activating group) is 1. The molecular formula is C27H35N3O4. The number of pyridine rings is 1. The zero-order valence-electron chi connectivity index (χ0n) is 20.1. The van der Waals surface area contributed by atoms with Gasteiger partial charge in [0.15, 0.2) is 0 Å². The highest BCUT2D eigenvalue weighted by Crippen LogP contribution is 2.38. The molecule has 182 valence electrons. The summed E-state index contributed by atoms with van der Waals surface area (Å²) in [6, 6.07) is 11.3. The van der Waals surface area contributed by atoms with Crippen LogP contribution in [0.25, 0.3) is 0 Å². The smallest absolute Gasteiger partial charge is 0.257 e. The van der Waals surface area contributed by atoms with Crippen LogP contribution in [-0.4, -0.2) is 73.1 Å². The lowest BCUT2D eigenvalue weighted by Gasteiger charge is -2.42. The Hall–Kier alpha value is -2.93. The summed E-state index contributed by atoms with van der Waals surface area (Å²) in [6.45, 7) is 3.78. The van der Waals surface area contributed by atoms with Crippen molar-refractivity contribution in [2.45, 2.75) is 38.5 Å². The van der Waals surface area contributed by atoms with Crippen LogP contribution < -0.4 is 4.74 Å². The molecule has 7 nitrogen and oxygen atoms in total. The molecule has 34 heavy (non-hydrogen) atoms. The lowest BCUT2D eigenvalue weighted by Crippen LogP contribution is -2.46. The number of carbonyl (C=O) groups is 2. The fourth-order valence-electron chi connectivity index (χ4n) is 4.80. The number of nitrogens with zero attached hydrogens (tertiary/aromatic N) is 3. The molecule has 1 aromatic heterocycles. The molecule has 0 bridgehead atoms. The molecule has 4 rings (SSSR count). The Morgan fingerprint density at radius 1 is 1.03 bits per heavy atom. The summed E-state index contributed by atoms with van der Waals surface area (Å²) in [5, 5.41) is 0. The van der Waals surface area contributed by atoms with Crippen LogP contribution in [0.5, 0.6) is 5.75 Å². The van der Waals surface area contributed by atoms with Gasteiger partial charge in [-0.25, -0.2) is 0 Å². The Labute approximate surface area is 202 Å². The number of hydrogen-bond acceptors (Lipinski definition) is 5. The first kappa shape index (κ1) is 24.2. The van der Waals surface area contributed by atoms with E-state index in [4.69, 9.17) is 9.47 Å². The molecule has 7 heteroatoms. The predicted octanol–water partition coefficient (Wildman–Crippen LogP) is 3.58. The van der Waals surface area contributed by atoms with E-state index in [2.05, 4.69) is 4.98 Å². The standard InChI is InChI=1S/C27H35N3O4/c1-29-16-18-33-17-5-4-10-27(21-34-24-9-3-2-8-23(24)26(29)32)11-14-30(15-12-27)25(31)19-22-7-6-13-28-20-22/h2-3,6-9,13,20H,4-5,10-12,14-19,21H2,1H3. The zero-order chi connectivity index (χ0) is 23.8. The van der Waals surface area contributed by atoms with E-state index < -0.39 is 0 Å². The highest BCUT2D eigenvalue weighted by atomic mass is 16.5. The fourth-order valence-corrected chi connectivity index (χ4v) is 4.80. The Balaban J connectivity index is 1.45. The van der Waals surface area contributed by atoms with Crippen molar-refractivity contribution in [2.75, 3.05) is 46.5 Å². The topological polar surface area (TPSA) is 72.0 Å².